The number of pyridine rings is 1. The van der Waals surface area contributed by atoms with Crippen molar-refractivity contribution in [2.45, 2.75) is 37.4 Å². The summed E-state index contributed by atoms with van der Waals surface area (Å²) in [6.45, 7) is 0. The van der Waals surface area contributed by atoms with Crippen LogP contribution in [0, 0.1) is 0 Å². The second kappa shape index (κ2) is 4.57. The van der Waals surface area contributed by atoms with Crippen LogP contribution in [0.1, 0.15) is 29.8 Å². The second-order valence-electron chi connectivity index (χ2n) is 4.94. The van der Waals surface area contributed by atoms with Crippen LogP contribution in [0.5, 0.6) is 5.75 Å². The number of nitrogens with zero attached hydrogens (tertiary/aromatic N) is 1. The maximum atomic E-state index is 12.1. The van der Waals surface area contributed by atoms with E-state index in [1.54, 1.807) is 25.4 Å². The van der Waals surface area contributed by atoms with Crippen LogP contribution in [0.3, 0.4) is 0 Å². The van der Waals surface area contributed by atoms with E-state index >= 15 is 0 Å². The molecule has 18 heavy (non-hydrogen) atoms. The van der Waals surface area contributed by atoms with Crippen molar-refractivity contribution in [3.05, 3.63) is 24.0 Å². The molecule has 2 saturated heterocycles. The number of amides is 1. The zero-order valence-corrected chi connectivity index (χ0v) is 10.3. The minimum atomic E-state index is -0.117. The second-order valence-corrected chi connectivity index (χ2v) is 4.94. The molecule has 5 heteroatoms. The number of hydrogen-bond donors (Lipinski definition) is 2. The summed E-state index contributed by atoms with van der Waals surface area (Å²) in [5.74, 6) is 0.537. The summed E-state index contributed by atoms with van der Waals surface area (Å²) in [7, 11) is 1.58. The summed E-state index contributed by atoms with van der Waals surface area (Å²) >= 11 is 0. The number of hydrogen-bond acceptors (Lipinski definition) is 4. The lowest BCUT2D eigenvalue weighted by Crippen LogP contribution is -2.43. The molecular weight excluding hydrogens is 230 g/mol. The number of rotatable bonds is 3. The van der Waals surface area contributed by atoms with Crippen molar-refractivity contribution in [2.75, 3.05) is 7.11 Å². The molecule has 2 aliphatic rings. The van der Waals surface area contributed by atoms with E-state index in [2.05, 4.69) is 15.6 Å². The van der Waals surface area contributed by atoms with E-state index in [-0.39, 0.29) is 11.9 Å². The number of aromatic nitrogens is 1. The molecule has 0 saturated carbocycles. The zero-order valence-electron chi connectivity index (χ0n) is 10.3. The number of fused-ring (bicyclic) bond motifs is 2. The maximum absolute atomic E-state index is 12.1. The molecule has 2 bridgehead atoms. The third-order valence-corrected chi connectivity index (χ3v) is 3.82. The average molecular weight is 247 g/mol. The van der Waals surface area contributed by atoms with Gasteiger partial charge in [-0.25, -0.2) is 0 Å². The van der Waals surface area contributed by atoms with E-state index in [1.807, 2.05) is 0 Å². The van der Waals surface area contributed by atoms with Gasteiger partial charge >= 0.3 is 0 Å². The van der Waals surface area contributed by atoms with Gasteiger partial charge in [-0.2, -0.15) is 0 Å². The fourth-order valence-corrected chi connectivity index (χ4v) is 2.89. The third-order valence-electron chi connectivity index (χ3n) is 3.82. The summed E-state index contributed by atoms with van der Waals surface area (Å²) in [5, 5.41) is 6.56. The number of methoxy groups -OCH3 is 1. The smallest absolute Gasteiger partial charge is 0.270 e. The Hall–Kier alpha value is -1.62. The van der Waals surface area contributed by atoms with Gasteiger partial charge in [0.2, 0.25) is 0 Å². The van der Waals surface area contributed by atoms with Gasteiger partial charge in [0.1, 0.15) is 11.4 Å². The van der Waals surface area contributed by atoms with E-state index in [0.717, 1.165) is 12.8 Å². The van der Waals surface area contributed by atoms with Gasteiger partial charge in [0.05, 0.1) is 7.11 Å². The topological polar surface area (TPSA) is 63.2 Å². The van der Waals surface area contributed by atoms with E-state index in [1.165, 1.54) is 6.42 Å². The number of nitrogens with one attached hydrogen (secondary N) is 2. The Morgan fingerprint density at radius 1 is 1.56 bits per heavy atom. The van der Waals surface area contributed by atoms with E-state index in [0.29, 0.717) is 23.5 Å². The Morgan fingerprint density at radius 3 is 3.11 bits per heavy atom. The van der Waals surface area contributed by atoms with Crippen LogP contribution in [0.15, 0.2) is 18.3 Å². The molecule has 96 valence electrons. The van der Waals surface area contributed by atoms with Crippen LogP contribution in [0.4, 0.5) is 0 Å². The molecule has 3 unspecified atom stereocenters. The molecule has 3 rings (SSSR count). The largest absolute Gasteiger partial charge is 0.497 e. The standard InChI is InChI=1S/C13H17N3O2/c1-18-9-4-5-14-12(7-9)13(17)16-11-6-8-2-3-10(11)15-8/h4-5,7-8,10-11,15H,2-3,6H2,1H3,(H,16,17). The molecule has 5 nitrogen and oxygen atoms in total. The van der Waals surface area contributed by atoms with E-state index in [9.17, 15) is 4.79 Å². The lowest BCUT2D eigenvalue weighted by atomic mass is 9.95. The highest BCUT2D eigenvalue weighted by Crippen LogP contribution is 2.28. The van der Waals surface area contributed by atoms with Crippen LogP contribution >= 0.6 is 0 Å². The summed E-state index contributed by atoms with van der Waals surface area (Å²) in [5.41, 5.74) is 0.414. The first-order valence-electron chi connectivity index (χ1n) is 6.33. The molecule has 2 N–H and O–H groups in total. The zero-order chi connectivity index (χ0) is 12.5. The number of carbonyl (C=O) groups is 1. The summed E-state index contributed by atoms with van der Waals surface area (Å²) < 4.78 is 5.09. The van der Waals surface area contributed by atoms with Crippen molar-refractivity contribution in [1.82, 2.24) is 15.6 Å². The number of ether oxygens (including phenoxy) is 1. The lowest BCUT2D eigenvalue weighted by molar-refractivity contribution is 0.0925. The minimum Gasteiger partial charge on any atom is -0.497 e. The first kappa shape index (κ1) is 11.5. The Bertz CT molecular complexity index is 463. The van der Waals surface area contributed by atoms with Gasteiger partial charge in [-0.05, 0) is 25.3 Å². The molecular formula is C13H17N3O2. The molecule has 2 aliphatic heterocycles. The fraction of sp³-hybridized carbons (Fsp3) is 0.538. The maximum Gasteiger partial charge on any atom is 0.270 e. The average Bonchev–Trinajstić information content (AvgIpc) is 3.01. The van der Waals surface area contributed by atoms with E-state index < -0.39 is 0 Å². The highest BCUT2D eigenvalue weighted by molar-refractivity contribution is 5.92. The highest BCUT2D eigenvalue weighted by atomic mass is 16.5. The van der Waals surface area contributed by atoms with Crippen LogP contribution in [0.2, 0.25) is 0 Å². The van der Waals surface area contributed by atoms with E-state index in [4.69, 9.17) is 4.74 Å². The SMILES string of the molecule is COc1ccnc(C(=O)NC2CC3CCC2N3)c1. The molecule has 0 aliphatic carbocycles. The highest BCUT2D eigenvalue weighted by Gasteiger charge is 2.39. The van der Waals surface area contributed by atoms with Gasteiger partial charge in [-0.3, -0.25) is 9.78 Å². The van der Waals surface area contributed by atoms with Crippen molar-refractivity contribution in [2.24, 2.45) is 0 Å². The van der Waals surface area contributed by atoms with Gasteiger partial charge in [0, 0.05) is 30.4 Å². The quantitative estimate of drug-likeness (QED) is 0.826. The summed E-state index contributed by atoms with van der Waals surface area (Å²) in [6, 6.07) is 4.65. The van der Waals surface area contributed by atoms with Crippen LogP contribution < -0.4 is 15.4 Å². The normalized spacial score (nSPS) is 29.3. The first-order valence-corrected chi connectivity index (χ1v) is 6.33. The Morgan fingerprint density at radius 2 is 2.44 bits per heavy atom. The minimum absolute atomic E-state index is 0.117. The van der Waals surface area contributed by atoms with Gasteiger partial charge in [-0.1, -0.05) is 0 Å². The molecule has 0 spiro atoms. The third kappa shape index (κ3) is 2.06. The molecule has 3 atom stereocenters. The van der Waals surface area contributed by atoms with Gasteiger partial charge in [-0.15, -0.1) is 0 Å². The molecule has 0 radical (unpaired) electrons. The molecule has 3 heterocycles. The summed E-state index contributed by atoms with van der Waals surface area (Å²) in [6.07, 6.45) is 5.00. The van der Waals surface area contributed by atoms with Crippen molar-refractivity contribution < 1.29 is 9.53 Å². The van der Waals surface area contributed by atoms with Crippen molar-refractivity contribution in [3.8, 4) is 5.75 Å². The molecule has 0 aromatic carbocycles. The van der Waals surface area contributed by atoms with Crippen LogP contribution in [-0.4, -0.2) is 36.1 Å². The van der Waals surface area contributed by atoms with Crippen molar-refractivity contribution in [3.63, 3.8) is 0 Å². The van der Waals surface area contributed by atoms with Crippen molar-refractivity contribution in [1.29, 1.82) is 0 Å². The Kier molecular flexibility index (Phi) is 2.91. The van der Waals surface area contributed by atoms with Gasteiger partial charge < -0.3 is 15.4 Å². The molecule has 2 fully saturated rings. The predicted molar refractivity (Wildman–Crippen MR) is 66.6 cm³/mol. The molecule has 1 aromatic heterocycles. The summed E-state index contributed by atoms with van der Waals surface area (Å²) in [4.78, 5) is 16.2. The van der Waals surface area contributed by atoms with Crippen LogP contribution in [-0.2, 0) is 0 Å². The van der Waals surface area contributed by atoms with Crippen molar-refractivity contribution >= 4 is 5.91 Å². The fourth-order valence-electron chi connectivity index (χ4n) is 2.89. The predicted octanol–water partition coefficient (Wildman–Crippen LogP) is 0.713. The Balaban J connectivity index is 1.67. The Labute approximate surface area is 106 Å². The van der Waals surface area contributed by atoms with Gasteiger partial charge in [0.25, 0.3) is 5.91 Å². The molecule has 1 amide bonds. The van der Waals surface area contributed by atoms with Gasteiger partial charge in [0.15, 0.2) is 0 Å². The number of carbonyl (C=O) groups excluding carboxylic acids is 1. The monoisotopic (exact) mass is 247 g/mol. The lowest BCUT2D eigenvalue weighted by Gasteiger charge is -2.21. The molecule has 1 aromatic rings. The first-order chi connectivity index (χ1) is 8.76. The van der Waals surface area contributed by atoms with Crippen LogP contribution in [0.25, 0.3) is 0 Å².